The first-order valence-corrected chi connectivity index (χ1v) is 8.62. The number of hydrogen-bond donors (Lipinski definition) is 1. The molecule has 0 saturated heterocycles. The zero-order valence-electron chi connectivity index (χ0n) is 16.4. The Hall–Kier alpha value is -3.22. The van der Waals surface area contributed by atoms with Crippen molar-refractivity contribution in [3.63, 3.8) is 0 Å². The van der Waals surface area contributed by atoms with Crippen LogP contribution in [0.15, 0.2) is 45.6 Å². The van der Waals surface area contributed by atoms with Crippen LogP contribution in [0.1, 0.15) is 36.3 Å². The third kappa shape index (κ3) is 4.94. The molecular weight excluding hydrogens is 364 g/mol. The van der Waals surface area contributed by atoms with Crippen LogP contribution in [0.5, 0.6) is 17.2 Å². The molecule has 2 aromatic rings. The first-order valence-electron chi connectivity index (χ1n) is 8.62. The van der Waals surface area contributed by atoms with Crippen LogP contribution >= 0.6 is 0 Å². The number of carbonyl (C=O) groups excluding carboxylic acids is 1. The van der Waals surface area contributed by atoms with E-state index in [1.54, 1.807) is 25.1 Å². The predicted octanol–water partition coefficient (Wildman–Crippen LogP) is 3.31. The van der Waals surface area contributed by atoms with E-state index in [-0.39, 0.29) is 12.2 Å². The van der Waals surface area contributed by atoms with Crippen LogP contribution in [0.2, 0.25) is 0 Å². The fraction of sp³-hybridized carbons (Fsp3) is 0.333. The van der Waals surface area contributed by atoms with Crippen LogP contribution in [0.4, 0.5) is 0 Å². The Balaban J connectivity index is 2.54. The lowest BCUT2D eigenvalue weighted by Gasteiger charge is -2.19. The summed E-state index contributed by atoms with van der Waals surface area (Å²) in [5, 5.41) is 10.2. The fourth-order valence-electron chi connectivity index (χ4n) is 2.69. The Labute approximate surface area is 163 Å². The molecule has 0 aliphatic carbocycles. The molecule has 150 valence electrons. The normalized spacial score (nSPS) is 11.6. The van der Waals surface area contributed by atoms with Crippen molar-refractivity contribution in [2.24, 2.45) is 0 Å². The molecule has 1 heterocycles. The van der Waals surface area contributed by atoms with E-state index < -0.39 is 23.1 Å². The maximum atomic E-state index is 12.0. The Morgan fingerprint density at radius 3 is 2.57 bits per heavy atom. The van der Waals surface area contributed by atoms with E-state index in [1.807, 2.05) is 6.92 Å². The van der Waals surface area contributed by atoms with Gasteiger partial charge in [-0.2, -0.15) is 0 Å². The Bertz CT molecular complexity index is 927. The van der Waals surface area contributed by atoms with Gasteiger partial charge in [-0.1, -0.05) is 12.6 Å². The van der Waals surface area contributed by atoms with E-state index >= 15 is 0 Å². The number of ether oxygens (including phenoxy) is 3. The van der Waals surface area contributed by atoms with E-state index in [9.17, 15) is 14.7 Å². The van der Waals surface area contributed by atoms with Crippen LogP contribution in [0.3, 0.4) is 0 Å². The second-order valence-corrected chi connectivity index (χ2v) is 6.42. The topological polar surface area (TPSA) is 95.2 Å². The predicted molar refractivity (Wildman–Crippen MR) is 103 cm³/mol. The average molecular weight is 388 g/mol. The molecule has 0 amide bonds. The van der Waals surface area contributed by atoms with Crippen LogP contribution in [-0.2, 0) is 9.53 Å². The van der Waals surface area contributed by atoms with Gasteiger partial charge in [0.1, 0.15) is 12.4 Å². The number of benzene rings is 1. The van der Waals surface area contributed by atoms with Crippen molar-refractivity contribution in [2.75, 3.05) is 20.8 Å². The Morgan fingerprint density at radius 2 is 1.96 bits per heavy atom. The molecule has 1 aromatic heterocycles. The van der Waals surface area contributed by atoms with Crippen LogP contribution in [0.25, 0.3) is 0 Å². The highest BCUT2D eigenvalue weighted by Gasteiger charge is 2.27. The summed E-state index contributed by atoms with van der Waals surface area (Å²) in [5.41, 5.74) is 0.858. The second kappa shape index (κ2) is 9.12. The molecule has 0 aliphatic heterocycles. The molecular formula is C21H24O7. The zero-order chi connectivity index (χ0) is 20.8. The summed E-state index contributed by atoms with van der Waals surface area (Å²) < 4.78 is 21.4. The minimum absolute atomic E-state index is 0.00643. The molecule has 0 saturated carbocycles. The third-order valence-electron chi connectivity index (χ3n) is 4.05. The number of methoxy groups -OCH3 is 2. The highest BCUT2D eigenvalue weighted by Crippen LogP contribution is 2.37. The molecule has 2 rings (SSSR count). The van der Waals surface area contributed by atoms with Crippen molar-refractivity contribution in [1.82, 2.24) is 0 Å². The molecule has 0 bridgehead atoms. The van der Waals surface area contributed by atoms with Crippen molar-refractivity contribution in [3.05, 3.63) is 63.7 Å². The zero-order valence-corrected chi connectivity index (χ0v) is 16.4. The summed E-state index contributed by atoms with van der Waals surface area (Å²) in [7, 11) is 2.76. The standard InChI is InChI=1S/C21H24O7/c1-12(2)11-27-17-7-6-14(9-18(17)25-4)15(10-19(23)26-5)21-20(24)16(22)8-13(3)28-21/h6-9,15,24H,1,10-11H2,2-5H3/t15-/m0/s1. The van der Waals surface area contributed by atoms with Gasteiger partial charge in [0.2, 0.25) is 11.2 Å². The van der Waals surface area contributed by atoms with Gasteiger partial charge in [0.25, 0.3) is 0 Å². The highest BCUT2D eigenvalue weighted by atomic mass is 16.5. The molecule has 0 fully saturated rings. The number of rotatable bonds is 8. The molecule has 28 heavy (non-hydrogen) atoms. The van der Waals surface area contributed by atoms with E-state index in [0.29, 0.717) is 29.4 Å². The van der Waals surface area contributed by atoms with Crippen molar-refractivity contribution in [2.45, 2.75) is 26.2 Å². The molecule has 1 N–H and O–H groups in total. The van der Waals surface area contributed by atoms with Gasteiger partial charge in [-0.15, -0.1) is 0 Å². The average Bonchev–Trinajstić information content (AvgIpc) is 2.67. The van der Waals surface area contributed by atoms with Crippen LogP contribution in [0, 0.1) is 6.92 Å². The summed E-state index contributed by atoms with van der Waals surface area (Å²) in [6.07, 6.45) is -0.133. The largest absolute Gasteiger partial charge is 0.502 e. The van der Waals surface area contributed by atoms with Crippen molar-refractivity contribution in [1.29, 1.82) is 0 Å². The molecule has 7 nitrogen and oxygen atoms in total. The molecule has 7 heteroatoms. The van der Waals surface area contributed by atoms with E-state index in [2.05, 4.69) is 6.58 Å². The van der Waals surface area contributed by atoms with Crippen molar-refractivity contribution in [3.8, 4) is 17.2 Å². The smallest absolute Gasteiger partial charge is 0.306 e. The second-order valence-electron chi connectivity index (χ2n) is 6.42. The Kier molecular flexibility index (Phi) is 6.87. The van der Waals surface area contributed by atoms with Crippen LogP contribution in [-0.4, -0.2) is 31.9 Å². The molecule has 1 aromatic carbocycles. The highest BCUT2D eigenvalue weighted by molar-refractivity contribution is 5.71. The van der Waals surface area contributed by atoms with Gasteiger partial charge in [-0.25, -0.2) is 0 Å². The summed E-state index contributed by atoms with van der Waals surface area (Å²) in [4.78, 5) is 24.0. The van der Waals surface area contributed by atoms with E-state index in [4.69, 9.17) is 18.6 Å². The lowest BCUT2D eigenvalue weighted by atomic mass is 9.92. The van der Waals surface area contributed by atoms with Gasteiger partial charge >= 0.3 is 5.97 Å². The van der Waals surface area contributed by atoms with Crippen LogP contribution < -0.4 is 14.9 Å². The van der Waals surface area contributed by atoms with Gasteiger partial charge in [0, 0.05) is 6.07 Å². The minimum atomic E-state index is -0.746. The van der Waals surface area contributed by atoms with Gasteiger partial charge in [0.15, 0.2) is 17.3 Å². The summed E-state index contributed by atoms with van der Waals surface area (Å²) in [6.45, 7) is 7.56. The van der Waals surface area contributed by atoms with Gasteiger partial charge < -0.3 is 23.7 Å². The first-order chi connectivity index (χ1) is 13.3. The lowest BCUT2D eigenvalue weighted by molar-refractivity contribution is -0.140. The third-order valence-corrected chi connectivity index (χ3v) is 4.05. The summed E-state index contributed by atoms with van der Waals surface area (Å²) in [5.74, 6) is -0.557. The maximum absolute atomic E-state index is 12.0. The molecule has 0 spiro atoms. The number of aryl methyl sites for hydroxylation is 1. The molecule has 0 radical (unpaired) electrons. The lowest BCUT2D eigenvalue weighted by Crippen LogP contribution is -2.14. The molecule has 1 atom stereocenters. The SMILES string of the molecule is C=C(C)COc1ccc([C@H](CC(=O)OC)c2oc(C)cc(=O)c2O)cc1OC. The number of carbonyl (C=O) groups is 1. The van der Waals surface area contributed by atoms with Gasteiger partial charge in [-0.05, 0) is 37.1 Å². The van der Waals surface area contributed by atoms with E-state index in [1.165, 1.54) is 20.3 Å². The quantitative estimate of drug-likeness (QED) is 0.547. The Morgan fingerprint density at radius 1 is 1.25 bits per heavy atom. The molecule has 0 aliphatic rings. The first kappa shape index (κ1) is 21.1. The molecule has 0 unspecified atom stereocenters. The number of hydrogen-bond acceptors (Lipinski definition) is 7. The summed E-state index contributed by atoms with van der Waals surface area (Å²) >= 11 is 0. The van der Waals surface area contributed by atoms with Crippen molar-refractivity contribution < 1.29 is 28.5 Å². The van der Waals surface area contributed by atoms with Crippen molar-refractivity contribution >= 4 is 5.97 Å². The number of aromatic hydroxyl groups is 1. The van der Waals surface area contributed by atoms with Gasteiger partial charge in [0.05, 0.1) is 26.6 Å². The minimum Gasteiger partial charge on any atom is -0.502 e. The maximum Gasteiger partial charge on any atom is 0.306 e. The van der Waals surface area contributed by atoms with E-state index in [0.717, 1.165) is 5.57 Å². The summed E-state index contributed by atoms with van der Waals surface area (Å²) in [6, 6.07) is 6.25. The fourth-order valence-corrected chi connectivity index (χ4v) is 2.69. The van der Waals surface area contributed by atoms with Gasteiger partial charge in [-0.3, -0.25) is 9.59 Å². The monoisotopic (exact) mass is 388 g/mol. The number of esters is 1.